The number of hydrogen-bond donors (Lipinski definition) is 1. The minimum Gasteiger partial charge on any atom is -0.326 e. The van der Waals surface area contributed by atoms with E-state index in [1.807, 2.05) is 25.1 Å². The summed E-state index contributed by atoms with van der Waals surface area (Å²) >= 11 is 2.80. The van der Waals surface area contributed by atoms with Gasteiger partial charge in [-0.25, -0.2) is 4.98 Å². The Labute approximate surface area is 108 Å². The zero-order valence-corrected chi connectivity index (χ0v) is 10.8. The van der Waals surface area contributed by atoms with Crippen molar-refractivity contribution in [1.82, 2.24) is 9.36 Å². The lowest BCUT2D eigenvalue weighted by atomic mass is 10.1. The van der Waals surface area contributed by atoms with Gasteiger partial charge in [-0.1, -0.05) is 17.8 Å². The van der Waals surface area contributed by atoms with Crippen molar-refractivity contribution < 1.29 is 0 Å². The third-order valence-electron chi connectivity index (χ3n) is 2.11. The Morgan fingerprint density at radius 2 is 2.35 bits per heavy atom. The monoisotopic (exact) mass is 262 g/mol. The number of rotatable bonds is 3. The standard InChI is InChI=1S/C11H10N4S2/c1-7-14-11(17-15-7)16-10-3-2-8(5-12)4-9(10)6-13/h2-4H,5,12H2,1H3. The summed E-state index contributed by atoms with van der Waals surface area (Å²) in [5.41, 5.74) is 7.13. The van der Waals surface area contributed by atoms with Gasteiger partial charge in [-0.3, -0.25) is 0 Å². The molecule has 2 N–H and O–H groups in total. The normalized spacial score (nSPS) is 10.2. The van der Waals surface area contributed by atoms with E-state index in [2.05, 4.69) is 15.4 Å². The van der Waals surface area contributed by atoms with Crippen LogP contribution in [0.1, 0.15) is 17.0 Å². The van der Waals surface area contributed by atoms with E-state index >= 15 is 0 Å². The van der Waals surface area contributed by atoms with Crippen LogP contribution in [0.3, 0.4) is 0 Å². The Bertz CT molecular complexity index is 571. The summed E-state index contributed by atoms with van der Waals surface area (Å²) in [6.45, 7) is 2.29. The fourth-order valence-electron chi connectivity index (χ4n) is 1.29. The van der Waals surface area contributed by atoms with E-state index in [-0.39, 0.29) is 0 Å². The molecule has 4 nitrogen and oxygen atoms in total. The Hall–Kier alpha value is -1.42. The van der Waals surface area contributed by atoms with Crippen molar-refractivity contribution in [3.8, 4) is 6.07 Å². The molecule has 2 aromatic rings. The second-order valence-electron chi connectivity index (χ2n) is 3.36. The Kier molecular flexibility index (Phi) is 3.74. The van der Waals surface area contributed by atoms with Crippen molar-refractivity contribution in [3.63, 3.8) is 0 Å². The average Bonchev–Trinajstić information content (AvgIpc) is 2.75. The first-order valence-corrected chi connectivity index (χ1v) is 6.53. The van der Waals surface area contributed by atoms with Gasteiger partial charge in [0.25, 0.3) is 0 Å². The topological polar surface area (TPSA) is 75.6 Å². The van der Waals surface area contributed by atoms with Crippen LogP contribution >= 0.6 is 23.3 Å². The van der Waals surface area contributed by atoms with Crippen LogP contribution in [0.2, 0.25) is 0 Å². The van der Waals surface area contributed by atoms with Gasteiger partial charge in [0.2, 0.25) is 0 Å². The fourth-order valence-corrected chi connectivity index (χ4v) is 2.96. The molecule has 0 saturated carbocycles. The van der Waals surface area contributed by atoms with Crippen LogP contribution in [-0.4, -0.2) is 9.36 Å². The van der Waals surface area contributed by atoms with Crippen molar-refractivity contribution in [2.24, 2.45) is 5.73 Å². The lowest BCUT2D eigenvalue weighted by Gasteiger charge is -2.03. The van der Waals surface area contributed by atoms with Crippen LogP contribution in [0, 0.1) is 18.3 Å². The molecule has 0 amide bonds. The molecule has 0 radical (unpaired) electrons. The van der Waals surface area contributed by atoms with Gasteiger partial charge < -0.3 is 5.73 Å². The molecule has 1 heterocycles. The highest BCUT2D eigenvalue weighted by Gasteiger charge is 2.08. The lowest BCUT2D eigenvalue weighted by molar-refractivity contribution is 1.06. The van der Waals surface area contributed by atoms with Crippen LogP contribution < -0.4 is 5.73 Å². The Balaban J connectivity index is 2.30. The van der Waals surface area contributed by atoms with Gasteiger partial charge in [0, 0.05) is 11.4 Å². The molecule has 0 aliphatic rings. The van der Waals surface area contributed by atoms with Gasteiger partial charge in [-0.15, -0.1) is 0 Å². The van der Waals surface area contributed by atoms with Crippen LogP contribution in [0.4, 0.5) is 0 Å². The van der Waals surface area contributed by atoms with Gasteiger partial charge in [-0.2, -0.15) is 9.64 Å². The molecule has 0 atom stereocenters. The van der Waals surface area contributed by atoms with Gasteiger partial charge >= 0.3 is 0 Å². The number of nitriles is 1. The SMILES string of the molecule is Cc1nsc(Sc2ccc(CN)cc2C#N)n1. The molecule has 2 rings (SSSR count). The van der Waals surface area contributed by atoms with Crippen LogP contribution in [-0.2, 0) is 6.54 Å². The van der Waals surface area contributed by atoms with Crippen molar-refractivity contribution in [2.45, 2.75) is 22.7 Å². The molecule has 0 aliphatic heterocycles. The summed E-state index contributed by atoms with van der Waals surface area (Å²) in [6, 6.07) is 7.83. The van der Waals surface area contributed by atoms with E-state index in [0.29, 0.717) is 12.1 Å². The van der Waals surface area contributed by atoms with E-state index in [0.717, 1.165) is 20.6 Å². The van der Waals surface area contributed by atoms with E-state index in [4.69, 9.17) is 11.0 Å². The number of benzene rings is 1. The smallest absolute Gasteiger partial charge is 0.174 e. The van der Waals surface area contributed by atoms with Crippen LogP contribution in [0.25, 0.3) is 0 Å². The minimum atomic E-state index is 0.442. The predicted octanol–water partition coefficient (Wildman–Crippen LogP) is 2.33. The fraction of sp³-hybridized carbons (Fsp3) is 0.182. The first-order chi connectivity index (χ1) is 8.22. The maximum atomic E-state index is 9.08. The third-order valence-corrected chi connectivity index (χ3v) is 4.02. The number of aromatic nitrogens is 2. The summed E-state index contributed by atoms with van der Waals surface area (Å²) in [5.74, 6) is 0.759. The Morgan fingerprint density at radius 1 is 1.53 bits per heavy atom. The van der Waals surface area contributed by atoms with Gasteiger partial charge in [0.1, 0.15) is 11.9 Å². The summed E-state index contributed by atoms with van der Waals surface area (Å²) in [4.78, 5) is 5.15. The molecule has 0 aliphatic carbocycles. The number of aryl methyl sites for hydroxylation is 1. The molecule has 0 spiro atoms. The molecule has 1 aromatic carbocycles. The molecule has 6 heteroatoms. The molecular formula is C11H10N4S2. The molecule has 0 saturated heterocycles. The van der Waals surface area contributed by atoms with Gasteiger partial charge in [-0.05, 0) is 36.2 Å². The second kappa shape index (κ2) is 5.27. The molecule has 1 aromatic heterocycles. The quantitative estimate of drug-likeness (QED) is 0.918. The summed E-state index contributed by atoms with van der Waals surface area (Å²) in [5, 5.41) is 9.08. The molecule has 86 valence electrons. The zero-order chi connectivity index (χ0) is 12.3. The number of nitrogens with two attached hydrogens (primary N) is 1. The first-order valence-electron chi connectivity index (χ1n) is 4.94. The molecule has 0 bridgehead atoms. The number of hydrogen-bond acceptors (Lipinski definition) is 6. The van der Waals surface area contributed by atoms with E-state index < -0.39 is 0 Å². The van der Waals surface area contributed by atoms with Gasteiger partial charge in [0.15, 0.2) is 4.34 Å². The molecule has 17 heavy (non-hydrogen) atoms. The van der Waals surface area contributed by atoms with Crippen molar-refractivity contribution in [3.05, 3.63) is 35.2 Å². The summed E-state index contributed by atoms with van der Waals surface area (Å²) in [6.07, 6.45) is 0. The van der Waals surface area contributed by atoms with E-state index in [1.54, 1.807) is 0 Å². The number of nitrogens with zero attached hydrogens (tertiary/aromatic N) is 3. The van der Waals surface area contributed by atoms with Gasteiger partial charge in [0.05, 0.1) is 5.56 Å². The second-order valence-corrected chi connectivity index (χ2v) is 5.40. The highest BCUT2D eigenvalue weighted by atomic mass is 32.2. The van der Waals surface area contributed by atoms with Crippen LogP contribution in [0.15, 0.2) is 27.4 Å². The molecule has 0 fully saturated rings. The average molecular weight is 262 g/mol. The largest absolute Gasteiger partial charge is 0.326 e. The molecular weight excluding hydrogens is 252 g/mol. The summed E-state index contributed by atoms with van der Waals surface area (Å²) < 4.78 is 4.96. The first kappa shape index (κ1) is 12.0. The highest BCUT2D eigenvalue weighted by molar-refractivity contribution is 8.01. The van der Waals surface area contributed by atoms with Crippen molar-refractivity contribution in [2.75, 3.05) is 0 Å². The maximum Gasteiger partial charge on any atom is 0.174 e. The van der Waals surface area contributed by atoms with Crippen LogP contribution in [0.5, 0.6) is 0 Å². The minimum absolute atomic E-state index is 0.442. The maximum absolute atomic E-state index is 9.08. The van der Waals surface area contributed by atoms with E-state index in [1.165, 1.54) is 23.3 Å². The summed E-state index contributed by atoms with van der Waals surface area (Å²) in [7, 11) is 0. The lowest BCUT2D eigenvalue weighted by Crippen LogP contribution is -1.96. The Morgan fingerprint density at radius 3 is 2.94 bits per heavy atom. The molecule has 0 unspecified atom stereocenters. The highest BCUT2D eigenvalue weighted by Crippen LogP contribution is 2.31. The van der Waals surface area contributed by atoms with E-state index in [9.17, 15) is 0 Å². The van der Waals surface area contributed by atoms with Crippen molar-refractivity contribution in [1.29, 1.82) is 5.26 Å². The predicted molar refractivity (Wildman–Crippen MR) is 67.8 cm³/mol. The van der Waals surface area contributed by atoms with Crippen molar-refractivity contribution >= 4 is 23.3 Å². The zero-order valence-electron chi connectivity index (χ0n) is 9.17. The third kappa shape index (κ3) is 2.82.